The van der Waals surface area contributed by atoms with Gasteiger partial charge in [-0.1, -0.05) is 28.8 Å². The van der Waals surface area contributed by atoms with Crippen LogP contribution in [-0.4, -0.2) is 30.6 Å². The zero-order chi connectivity index (χ0) is 20.8. The highest BCUT2D eigenvalue weighted by Gasteiger charge is 2.35. The molecule has 6 heteroatoms. The van der Waals surface area contributed by atoms with Crippen LogP contribution in [0.5, 0.6) is 17.2 Å². The van der Waals surface area contributed by atoms with Crippen molar-refractivity contribution in [3.8, 4) is 17.2 Å². The molecule has 0 amide bonds. The van der Waals surface area contributed by atoms with Crippen LogP contribution in [0.3, 0.4) is 0 Å². The quantitative estimate of drug-likeness (QED) is 0.557. The summed E-state index contributed by atoms with van der Waals surface area (Å²) in [5.41, 5.74) is 3.37. The molecule has 2 aliphatic heterocycles. The molecule has 5 rings (SSSR count). The number of fused-ring (bicyclic) bond motifs is 2. The van der Waals surface area contributed by atoms with Crippen molar-refractivity contribution in [2.75, 3.05) is 13.8 Å². The molecular weight excluding hydrogens is 446 g/mol. The third-order valence-electron chi connectivity index (χ3n) is 6.28. The number of ketones is 1. The minimum atomic E-state index is -0.101. The van der Waals surface area contributed by atoms with E-state index < -0.39 is 0 Å². The van der Waals surface area contributed by atoms with Gasteiger partial charge >= 0.3 is 0 Å². The SMILES string of the molecule is COc1ccc(Br)cc1/C=C1\Oc2c(cc3c(c2C)OCN(C2CCCC2)C3)C1=O. The standard InChI is InChI=1S/C24H24BrNO4/c1-14-23-16(12-26(13-29-23)18-5-3-4-6-18)10-19-22(27)21(30-24(14)19)11-15-9-17(25)7-8-20(15)28-2/h7-11,18H,3-6,12-13H2,1-2H3/b21-11-. The fraction of sp³-hybridized carbons (Fsp3) is 0.375. The van der Waals surface area contributed by atoms with E-state index in [1.54, 1.807) is 13.2 Å². The highest BCUT2D eigenvalue weighted by Crippen LogP contribution is 2.44. The van der Waals surface area contributed by atoms with E-state index >= 15 is 0 Å². The molecule has 0 radical (unpaired) electrons. The second-order valence-electron chi connectivity index (χ2n) is 8.15. The van der Waals surface area contributed by atoms with Crippen LogP contribution in [0.1, 0.15) is 52.7 Å². The molecule has 2 aromatic carbocycles. The molecule has 0 N–H and O–H groups in total. The maximum absolute atomic E-state index is 13.2. The first-order valence-electron chi connectivity index (χ1n) is 10.4. The molecule has 0 unspecified atom stereocenters. The molecule has 3 aliphatic rings. The Labute approximate surface area is 184 Å². The average Bonchev–Trinajstić information content (AvgIpc) is 3.38. The van der Waals surface area contributed by atoms with Crippen LogP contribution in [0.4, 0.5) is 0 Å². The maximum atomic E-state index is 13.2. The van der Waals surface area contributed by atoms with Crippen LogP contribution in [0.15, 0.2) is 34.5 Å². The summed E-state index contributed by atoms with van der Waals surface area (Å²) >= 11 is 3.48. The van der Waals surface area contributed by atoms with Crippen LogP contribution in [0, 0.1) is 6.92 Å². The number of carbonyl (C=O) groups excluding carboxylic acids is 1. The van der Waals surface area contributed by atoms with Crippen LogP contribution < -0.4 is 14.2 Å². The zero-order valence-corrected chi connectivity index (χ0v) is 18.8. The number of nitrogens with zero attached hydrogens (tertiary/aromatic N) is 1. The minimum absolute atomic E-state index is 0.101. The van der Waals surface area contributed by atoms with Gasteiger partial charge in [0, 0.05) is 33.7 Å². The molecule has 1 fully saturated rings. The lowest BCUT2D eigenvalue weighted by Gasteiger charge is -2.34. The van der Waals surface area contributed by atoms with Gasteiger partial charge in [-0.2, -0.15) is 0 Å². The van der Waals surface area contributed by atoms with Crippen molar-refractivity contribution >= 4 is 27.8 Å². The Bertz CT molecular complexity index is 1060. The summed E-state index contributed by atoms with van der Waals surface area (Å²) in [7, 11) is 1.61. The van der Waals surface area contributed by atoms with E-state index in [1.165, 1.54) is 25.7 Å². The molecule has 1 aliphatic carbocycles. The van der Waals surface area contributed by atoms with Gasteiger partial charge in [0.2, 0.25) is 5.78 Å². The zero-order valence-electron chi connectivity index (χ0n) is 17.2. The number of hydrogen-bond donors (Lipinski definition) is 0. The molecule has 0 atom stereocenters. The van der Waals surface area contributed by atoms with Crippen molar-refractivity contribution in [1.82, 2.24) is 4.90 Å². The largest absolute Gasteiger partial charge is 0.496 e. The van der Waals surface area contributed by atoms with Crippen LogP contribution in [0.25, 0.3) is 6.08 Å². The number of allylic oxidation sites excluding steroid dienone is 1. The molecule has 30 heavy (non-hydrogen) atoms. The van der Waals surface area contributed by atoms with E-state index in [0.717, 1.165) is 33.5 Å². The normalized spacial score (nSPS) is 20.1. The summed E-state index contributed by atoms with van der Waals surface area (Å²) in [5.74, 6) is 2.35. The van der Waals surface area contributed by atoms with E-state index in [0.29, 0.717) is 35.6 Å². The Morgan fingerprint density at radius 3 is 2.77 bits per heavy atom. The molecule has 0 spiro atoms. The predicted molar refractivity (Wildman–Crippen MR) is 118 cm³/mol. The first-order chi connectivity index (χ1) is 14.5. The number of carbonyl (C=O) groups is 1. The van der Waals surface area contributed by atoms with Crippen molar-refractivity contribution in [1.29, 1.82) is 0 Å². The topological polar surface area (TPSA) is 48.0 Å². The van der Waals surface area contributed by atoms with E-state index in [-0.39, 0.29) is 5.78 Å². The summed E-state index contributed by atoms with van der Waals surface area (Å²) in [5, 5.41) is 0. The number of halogens is 1. The van der Waals surface area contributed by atoms with Crippen molar-refractivity contribution in [3.63, 3.8) is 0 Å². The van der Waals surface area contributed by atoms with Gasteiger partial charge in [-0.25, -0.2) is 0 Å². The summed E-state index contributed by atoms with van der Waals surface area (Å²) in [6.07, 6.45) is 6.78. The van der Waals surface area contributed by atoms with Crippen LogP contribution >= 0.6 is 15.9 Å². The Balaban J connectivity index is 1.49. The Morgan fingerprint density at radius 1 is 1.20 bits per heavy atom. The van der Waals surface area contributed by atoms with Crippen molar-refractivity contribution in [3.05, 3.63) is 56.8 Å². The van der Waals surface area contributed by atoms with Gasteiger partial charge in [0.15, 0.2) is 5.76 Å². The van der Waals surface area contributed by atoms with E-state index in [9.17, 15) is 4.79 Å². The monoisotopic (exact) mass is 469 g/mol. The smallest absolute Gasteiger partial charge is 0.231 e. The van der Waals surface area contributed by atoms with Gasteiger partial charge < -0.3 is 14.2 Å². The molecule has 156 valence electrons. The van der Waals surface area contributed by atoms with Gasteiger partial charge in [-0.05, 0) is 50.1 Å². The lowest BCUT2D eigenvalue weighted by molar-refractivity contribution is 0.0570. The third kappa shape index (κ3) is 3.32. The molecule has 0 bridgehead atoms. The van der Waals surface area contributed by atoms with E-state index in [4.69, 9.17) is 14.2 Å². The second kappa shape index (κ2) is 7.75. The highest BCUT2D eigenvalue weighted by atomic mass is 79.9. The second-order valence-corrected chi connectivity index (χ2v) is 9.07. The number of ether oxygens (including phenoxy) is 3. The molecule has 2 heterocycles. The van der Waals surface area contributed by atoms with Gasteiger partial charge in [0.25, 0.3) is 0 Å². The van der Waals surface area contributed by atoms with Gasteiger partial charge in [0.05, 0.1) is 12.7 Å². The van der Waals surface area contributed by atoms with Gasteiger partial charge in [0.1, 0.15) is 24.0 Å². The third-order valence-corrected chi connectivity index (χ3v) is 6.78. The number of hydrogen-bond acceptors (Lipinski definition) is 5. The van der Waals surface area contributed by atoms with Gasteiger partial charge in [-0.15, -0.1) is 0 Å². The lowest BCUT2D eigenvalue weighted by Crippen LogP contribution is -2.39. The van der Waals surface area contributed by atoms with E-state index in [2.05, 4.69) is 20.8 Å². The summed E-state index contributed by atoms with van der Waals surface area (Å²) in [6, 6.07) is 8.21. The first kappa shape index (κ1) is 19.6. The Kier molecular flexibility index (Phi) is 5.07. The molecular formula is C24H24BrNO4. The van der Waals surface area contributed by atoms with Crippen molar-refractivity contribution < 1.29 is 19.0 Å². The van der Waals surface area contributed by atoms with E-state index in [1.807, 2.05) is 31.2 Å². The fourth-order valence-corrected chi connectivity index (χ4v) is 5.11. The lowest BCUT2D eigenvalue weighted by atomic mass is 9.99. The molecule has 0 saturated heterocycles. The summed E-state index contributed by atoms with van der Waals surface area (Å²) in [6.45, 7) is 3.39. The predicted octanol–water partition coefficient (Wildman–Crippen LogP) is 5.48. The minimum Gasteiger partial charge on any atom is -0.496 e. The molecule has 5 nitrogen and oxygen atoms in total. The van der Waals surface area contributed by atoms with Crippen LogP contribution in [-0.2, 0) is 6.54 Å². The number of methoxy groups -OCH3 is 1. The number of rotatable bonds is 3. The van der Waals surface area contributed by atoms with Crippen molar-refractivity contribution in [2.45, 2.75) is 45.2 Å². The van der Waals surface area contributed by atoms with Gasteiger partial charge in [-0.3, -0.25) is 9.69 Å². The molecule has 2 aromatic rings. The maximum Gasteiger partial charge on any atom is 0.231 e. The number of Topliss-reactive ketones (excluding diaryl/α,β-unsaturated/α-hetero) is 1. The highest BCUT2D eigenvalue weighted by molar-refractivity contribution is 9.10. The molecule has 0 aromatic heterocycles. The Hall–Kier alpha value is -2.31. The summed E-state index contributed by atoms with van der Waals surface area (Å²) in [4.78, 5) is 15.6. The van der Waals surface area contributed by atoms with Crippen molar-refractivity contribution in [2.24, 2.45) is 0 Å². The Morgan fingerprint density at radius 2 is 2.00 bits per heavy atom. The first-order valence-corrected chi connectivity index (χ1v) is 11.2. The average molecular weight is 470 g/mol. The summed E-state index contributed by atoms with van der Waals surface area (Å²) < 4.78 is 18.5. The molecule has 1 saturated carbocycles. The van der Waals surface area contributed by atoms with Crippen LogP contribution in [0.2, 0.25) is 0 Å². The number of benzene rings is 2. The fourth-order valence-electron chi connectivity index (χ4n) is 4.73.